The number of thioether (sulfide) groups is 1. The molecule has 0 aliphatic carbocycles. The largest absolute Gasteiger partial charge is 0.502 e. The number of benzene rings is 1. The molecule has 24 nitrogen and oxygen atoms in total. The summed E-state index contributed by atoms with van der Waals surface area (Å²) in [5.74, 6) is -0.801. The number of carbonyl (C=O) groups excluding carboxylic acids is 8. The summed E-state index contributed by atoms with van der Waals surface area (Å²) in [4.78, 5) is 114. The number of alkyl halides is 3. The summed E-state index contributed by atoms with van der Waals surface area (Å²) in [5.41, 5.74) is 0.650. The van der Waals surface area contributed by atoms with Gasteiger partial charge in [0.2, 0.25) is 73.1 Å². The molecule has 0 bridgehead atoms. The number of allylic oxidation sites excluding steroid dienone is 1. The van der Waals surface area contributed by atoms with E-state index < -0.39 is 61.0 Å². The number of hydrogen-bond donors (Lipinski definition) is 6. The second-order valence-electron chi connectivity index (χ2n) is 40.8. The summed E-state index contributed by atoms with van der Waals surface area (Å²) in [5, 5.41) is 18.1. The van der Waals surface area contributed by atoms with Gasteiger partial charge in [-0.3, -0.25) is 58.1 Å². The maximum Gasteiger partial charge on any atom is 0.406 e. The summed E-state index contributed by atoms with van der Waals surface area (Å²) in [6.45, 7) is 62.3. The van der Waals surface area contributed by atoms with Crippen LogP contribution < -0.4 is 26.2 Å². The lowest BCUT2D eigenvalue weighted by molar-refractivity contribution is -0.167. The number of nitrogens with zero attached hydrogens (tertiary/aromatic N) is 4. The van der Waals surface area contributed by atoms with E-state index in [-0.39, 0.29) is 142 Å². The first-order valence-corrected chi connectivity index (χ1v) is 42.2. The maximum atomic E-state index is 12.3. The van der Waals surface area contributed by atoms with Gasteiger partial charge in [0.15, 0.2) is 11.7 Å². The second kappa shape index (κ2) is 41.7. The Morgan fingerprint density at radius 2 is 1.09 bits per heavy atom. The highest BCUT2D eigenvalue weighted by atomic mass is 32.2. The molecule has 6 N–H and O–H groups in total. The van der Waals surface area contributed by atoms with E-state index in [1.807, 2.05) is 138 Å². The number of oxazole rings is 1. The Balaban J connectivity index is 0. The predicted octanol–water partition coefficient (Wildman–Crippen LogP) is 17.5. The number of halogens is 3. The lowest BCUT2D eigenvalue weighted by atomic mass is 9.74. The quantitative estimate of drug-likeness (QED) is 0.103. The van der Waals surface area contributed by atoms with Gasteiger partial charge < -0.3 is 25.1 Å². The molecule has 0 radical (unpaired) electrons. The van der Waals surface area contributed by atoms with Crippen molar-refractivity contribution in [2.24, 2.45) is 66.5 Å². The number of imide groups is 2. The Bertz CT molecular complexity index is 4120. The minimum Gasteiger partial charge on any atom is -0.502 e. The molecule has 6 aliphatic rings. The third-order valence-electron chi connectivity index (χ3n) is 17.8. The number of aryl methyl sites for hydroxylation is 2. The number of likely N-dealkylation sites (tertiary alicyclic amines) is 1. The number of carbonyl (C=O) groups is 8. The first-order valence-electron chi connectivity index (χ1n) is 38.2. The minimum atomic E-state index is -4.54. The van der Waals surface area contributed by atoms with Gasteiger partial charge in [-0.2, -0.15) is 13.2 Å². The molecule has 3 aromatic rings. The van der Waals surface area contributed by atoms with Gasteiger partial charge in [0.25, 0.3) is 5.56 Å². The highest BCUT2D eigenvalue weighted by molar-refractivity contribution is 8.05. The Kier molecular flexibility index (Phi) is 39.8. The van der Waals surface area contributed by atoms with Gasteiger partial charge in [-0.25, -0.2) is 31.1 Å². The monoisotopic (exact) mass is 1700 g/mol. The highest BCUT2D eigenvalue weighted by Gasteiger charge is 2.53. The fourth-order valence-electron chi connectivity index (χ4n) is 14.0. The van der Waals surface area contributed by atoms with Crippen LogP contribution in [-0.2, 0) is 70.2 Å². The van der Waals surface area contributed by atoms with Gasteiger partial charge in [-0.15, -0.1) is 0 Å². The van der Waals surface area contributed by atoms with E-state index in [1.54, 1.807) is 25.6 Å². The number of aromatic hydroxyl groups is 1. The summed E-state index contributed by atoms with van der Waals surface area (Å²) in [6.07, 6.45) is 4.44. The average Bonchev–Trinajstić information content (AvgIpc) is 1.62. The number of aromatic amines is 1. The van der Waals surface area contributed by atoms with Crippen LogP contribution in [0.25, 0.3) is 11.3 Å². The topological polar surface area (TPSA) is 351 Å². The van der Waals surface area contributed by atoms with E-state index in [0.717, 1.165) is 70.8 Å². The first-order chi connectivity index (χ1) is 50.4. The molecular weight excluding hydrogens is 1550 g/mol. The number of hydrogen-bond acceptors (Lipinski definition) is 18. The maximum absolute atomic E-state index is 12.3. The van der Waals surface area contributed by atoms with Crippen LogP contribution in [0.5, 0.6) is 5.75 Å². The number of H-pyrrole nitrogens is 1. The van der Waals surface area contributed by atoms with E-state index in [1.165, 1.54) is 7.05 Å². The van der Waals surface area contributed by atoms with Crippen LogP contribution >= 0.6 is 11.8 Å². The van der Waals surface area contributed by atoms with Crippen LogP contribution in [0.4, 0.5) is 13.2 Å². The Morgan fingerprint density at radius 1 is 0.612 bits per heavy atom. The van der Waals surface area contributed by atoms with Gasteiger partial charge >= 0.3 is 6.18 Å². The molecule has 6 unspecified atom stereocenters. The lowest BCUT2D eigenvalue weighted by Gasteiger charge is -2.30. The molecule has 6 fully saturated rings. The Morgan fingerprint density at radius 3 is 1.47 bits per heavy atom. The van der Waals surface area contributed by atoms with E-state index >= 15 is 0 Å². The third-order valence-corrected chi connectivity index (χ3v) is 22.1. The van der Waals surface area contributed by atoms with Crippen molar-refractivity contribution in [2.75, 3.05) is 25.1 Å². The Hall–Kier alpha value is -7.21. The smallest absolute Gasteiger partial charge is 0.406 e. The second-order valence-corrected chi connectivity index (χ2v) is 46.2. The van der Waals surface area contributed by atoms with Crippen molar-refractivity contribution < 1.29 is 77.9 Å². The molecule has 30 heteroatoms. The van der Waals surface area contributed by atoms with E-state index in [9.17, 15) is 78.3 Å². The molecule has 1 aromatic carbocycles. The van der Waals surface area contributed by atoms with E-state index in [4.69, 9.17) is 4.42 Å². The minimum absolute atomic E-state index is 0. The third kappa shape index (κ3) is 39.6. The SMILES string of the molecule is C.C.C.C=C1CC(CC(C)(C)C)C(=O)N1.C=C1NC(=O)C(C)(CC(C)(C)C)S1.CC(C)(C)CC1(C)CC(=O)N(CC(F)(F)F)C1=O.CC(C)(C)CC1(C)CC(=O)NC1=O.CC(C)(C)CC1CS(=O)(=O)NC1=O.CC(C)(C)CCc1ncc(-c2ccccc2)o1.CN1C(=O)C(CC(C)(C)C)CS1(=O)=O.Cc1nc(C(C)(C)C)c(O)c(=O)[nH]1. The van der Waals surface area contributed by atoms with Gasteiger partial charge in [-0.1, -0.05) is 258 Å². The van der Waals surface area contributed by atoms with E-state index in [2.05, 4.69) is 127 Å². The van der Waals surface area contributed by atoms with Crippen molar-refractivity contribution in [3.63, 3.8) is 0 Å². The molecule has 116 heavy (non-hydrogen) atoms. The van der Waals surface area contributed by atoms with Crippen LogP contribution in [0.2, 0.25) is 0 Å². The fourth-order valence-corrected chi connectivity index (χ4v) is 18.1. The number of nitrogens with one attached hydrogen (secondary N) is 5. The standard InChI is InChI=1S/C15H19NO.C12H18F3NO2.C10H17NO2.C10H17NOS.C10H17NO.C9H14N2O2.C9H17NO3S.C8H15NO3S.3CH4/c1-15(2,3)10-9-14-16-11-13(17-14)12-7-5-4-6-8-12;1-10(2,3)6-11(4)5-8(17)16(9(11)18)7-12(13,14)15;1-9(2,3)6-10(4)5-7(12)11-8(10)13;1-7-11-8(12)10(5,13-7)6-9(2,3)4;1-7-5-8(9(12)11-7)6-10(2,3)4;1-5-10-7(9(2,3)4)6(12)8(13)11-5;1-9(2,3)5-7-6-14(12,13)10(4)8(7)11;1-8(2,3)4-6-5-13(11,12)9-7(6)10;;;/h4-8,11H,9-10H2,1-3H3;5-7H2,1-4H3;5-6H2,1-4H3,(H,11,12,13);1,6H2,2-5H3,(H,11,12);8H,1,5-6H2,2-4H3,(H,11,12);12H,1-4H3,(H,10,11,13);7H,5-6H2,1-4H3;6H,4-5H2,1-3H3,(H,9,10);3*1H4. The summed E-state index contributed by atoms with van der Waals surface area (Å²) in [6, 6.07) is 10.1. The number of sulfonamides is 2. The average molecular weight is 1700 g/mol. The summed E-state index contributed by atoms with van der Waals surface area (Å²) < 4.78 is 90.0. The van der Waals surface area contributed by atoms with Crippen LogP contribution in [0, 0.1) is 73.4 Å². The molecule has 6 atom stereocenters. The van der Waals surface area contributed by atoms with E-state index in [0.29, 0.717) is 47.5 Å². The lowest BCUT2D eigenvalue weighted by Crippen LogP contribution is -2.41. The first kappa shape index (κ1) is 111. The molecule has 6 aliphatic heterocycles. The van der Waals surface area contributed by atoms with Crippen molar-refractivity contribution in [3.8, 4) is 17.1 Å². The van der Waals surface area contributed by atoms with Gasteiger partial charge in [-0.05, 0) is 103 Å². The molecule has 8 amide bonds. The van der Waals surface area contributed by atoms with Crippen molar-refractivity contribution in [2.45, 2.75) is 303 Å². The molecule has 8 heterocycles. The molecule has 664 valence electrons. The van der Waals surface area contributed by atoms with Crippen molar-refractivity contribution in [3.05, 3.63) is 88.2 Å². The van der Waals surface area contributed by atoms with Crippen LogP contribution in [0.3, 0.4) is 0 Å². The van der Waals surface area contributed by atoms with Gasteiger partial charge in [0, 0.05) is 48.9 Å². The molecule has 9 rings (SSSR count). The van der Waals surface area contributed by atoms with Gasteiger partial charge in [0.1, 0.15) is 12.4 Å². The summed E-state index contributed by atoms with van der Waals surface area (Å²) >= 11 is 1.55. The number of amides is 8. The molecular formula is C86H146F3N9O15S3. The zero-order chi connectivity index (χ0) is 88.2. The van der Waals surface area contributed by atoms with Crippen molar-refractivity contribution in [1.29, 1.82) is 0 Å². The summed E-state index contributed by atoms with van der Waals surface area (Å²) in [7, 11) is -5.29. The van der Waals surface area contributed by atoms with Gasteiger partial charge in [0.05, 0.1) is 55.8 Å². The normalized spacial score (nSPS) is 22.5. The van der Waals surface area contributed by atoms with Crippen LogP contribution in [0.15, 0.2) is 69.6 Å². The predicted molar refractivity (Wildman–Crippen MR) is 460 cm³/mol. The number of aromatic nitrogens is 3. The molecule has 6 saturated heterocycles. The molecule has 2 aromatic heterocycles. The Labute approximate surface area is 697 Å². The van der Waals surface area contributed by atoms with Crippen molar-refractivity contribution >= 4 is 79.1 Å². The molecule has 0 saturated carbocycles. The van der Waals surface area contributed by atoms with Crippen LogP contribution in [-0.4, -0.2) is 129 Å². The zero-order valence-electron chi connectivity index (χ0n) is 72.8. The number of rotatable bonds is 10. The molecule has 0 spiro atoms. The van der Waals surface area contributed by atoms with Crippen molar-refractivity contribution in [1.82, 2.24) is 44.8 Å². The zero-order valence-corrected chi connectivity index (χ0v) is 75.3. The van der Waals surface area contributed by atoms with Crippen LogP contribution in [0.1, 0.15) is 291 Å². The fraction of sp³-hybridized carbons (Fsp3) is 0.709. The highest BCUT2D eigenvalue weighted by Crippen LogP contribution is 2.46.